The molecule has 3 aromatic carbocycles. The highest BCUT2D eigenvalue weighted by Crippen LogP contribution is 2.40. The number of hydrogen-bond acceptors (Lipinski definition) is 14. The van der Waals surface area contributed by atoms with Gasteiger partial charge in [-0.1, -0.05) is 68.8 Å². The number of ether oxygens (including phenoxy) is 3. The fourth-order valence-electron chi connectivity index (χ4n) is 9.17. The zero-order chi connectivity index (χ0) is 53.6. The van der Waals surface area contributed by atoms with Gasteiger partial charge in [0.25, 0.3) is 0 Å². The second-order valence-corrected chi connectivity index (χ2v) is 22.4. The van der Waals surface area contributed by atoms with Gasteiger partial charge in [0.05, 0.1) is 47.0 Å². The number of amides is 3. The first-order valence-electron chi connectivity index (χ1n) is 24.9. The van der Waals surface area contributed by atoms with Gasteiger partial charge in [-0.3, -0.25) is 28.7 Å². The number of aryl methyl sites for hydroxylation is 4. The van der Waals surface area contributed by atoms with Crippen molar-refractivity contribution in [3.8, 4) is 21.2 Å². The molecule has 1 saturated heterocycles. The molecule has 0 unspecified atom stereocenters. The largest absolute Gasteiger partial charge is 0.488 e. The highest BCUT2D eigenvalue weighted by atomic mass is 35.5. The van der Waals surface area contributed by atoms with E-state index in [0.29, 0.717) is 35.2 Å². The maximum Gasteiger partial charge on any atom is 0.246 e. The van der Waals surface area contributed by atoms with E-state index < -0.39 is 47.3 Å². The van der Waals surface area contributed by atoms with Gasteiger partial charge in [0.2, 0.25) is 17.7 Å². The van der Waals surface area contributed by atoms with Gasteiger partial charge in [-0.05, 0) is 86.9 Å². The molecule has 4 atom stereocenters. The smallest absolute Gasteiger partial charge is 0.246 e. The third-order valence-electron chi connectivity index (χ3n) is 13.2. The number of nitrogens with zero attached hydrogens (tertiary/aromatic N) is 6. The number of carbonyl (C=O) groups excluding carboxylic acids is 4. The van der Waals surface area contributed by atoms with Crippen LogP contribution in [0.3, 0.4) is 0 Å². The SMILES string of the molecule is Cc1ncsc1-c1ccc(CCC(=O)[C@@H]2C[C@@H](O)CN2C(=O)[C@@H](NC(=O)COCCCOCCOc2cc(NC(=O)C[C@@H]3N=C(c4ccc(Cl)cc4)c4c(sc(C)c4C)-n4c(C)nnc43)ccc2F)C(C)(C)C)cc1. The number of ketones is 1. The number of thiazole rings is 1. The second kappa shape index (κ2) is 24.2. The molecule has 20 heteroatoms. The van der Waals surface area contributed by atoms with Gasteiger partial charge >= 0.3 is 0 Å². The number of rotatable bonds is 21. The summed E-state index contributed by atoms with van der Waals surface area (Å²) in [7, 11) is 0. The summed E-state index contributed by atoms with van der Waals surface area (Å²) in [5.41, 5.74) is 8.04. The lowest BCUT2D eigenvalue weighted by Crippen LogP contribution is -2.57. The van der Waals surface area contributed by atoms with E-state index in [9.17, 15) is 28.7 Å². The monoisotopic (exact) mass is 1080 g/mol. The van der Waals surface area contributed by atoms with Crippen molar-refractivity contribution in [2.45, 2.75) is 105 Å². The summed E-state index contributed by atoms with van der Waals surface area (Å²) < 4.78 is 33.9. The number of nitrogens with one attached hydrogen (secondary N) is 2. The number of Topliss-reactive ketones (excluding diaryl/α,β-unsaturated/α-hetero) is 1. The Morgan fingerprint density at radius 2 is 1.65 bits per heavy atom. The van der Waals surface area contributed by atoms with Crippen LogP contribution in [0.2, 0.25) is 5.02 Å². The van der Waals surface area contributed by atoms with Gasteiger partial charge in [-0.25, -0.2) is 9.37 Å². The normalized spacial score (nSPS) is 16.7. The van der Waals surface area contributed by atoms with Gasteiger partial charge in [-0.2, -0.15) is 0 Å². The molecule has 0 aliphatic carbocycles. The summed E-state index contributed by atoms with van der Waals surface area (Å²) in [6.45, 7) is 13.7. The van der Waals surface area contributed by atoms with Crippen molar-refractivity contribution in [2.24, 2.45) is 10.4 Å². The van der Waals surface area contributed by atoms with Crippen LogP contribution >= 0.6 is 34.3 Å². The average Bonchev–Trinajstić information content (AvgIpc) is 4.14. The minimum absolute atomic E-state index is 0.00369. The molecule has 0 spiro atoms. The van der Waals surface area contributed by atoms with E-state index in [1.165, 1.54) is 23.1 Å². The Balaban J connectivity index is 0.763. The molecule has 16 nitrogen and oxygen atoms in total. The van der Waals surface area contributed by atoms with E-state index >= 15 is 0 Å². The molecule has 75 heavy (non-hydrogen) atoms. The first-order chi connectivity index (χ1) is 35.9. The number of anilines is 1. The number of carbonyl (C=O) groups is 4. The summed E-state index contributed by atoms with van der Waals surface area (Å²) in [6.07, 6.45) is 0.321. The van der Waals surface area contributed by atoms with Crippen molar-refractivity contribution in [3.63, 3.8) is 0 Å². The molecule has 396 valence electrons. The summed E-state index contributed by atoms with van der Waals surface area (Å²) >= 11 is 9.44. The number of β-amino-alcohol motifs (C(OH)–C–C–N with tert-alkyl or cyclic N) is 1. The Morgan fingerprint density at radius 3 is 2.37 bits per heavy atom. The molecular formula is C55H62ClFN8O8S2. The Labute approximate surface area is 448 Å². The molecule has 6 aromatic rings. The van der Waals surface area contributed by atoms with E-state index in [1.54, 1.807) is 22.7 Å². The minimum Gasteiger partial charge on any atom is -0.488 e. The van der Waals surface area contributed by atoms with E-state index in [1.807, 2.05) is 93.2 Å². The molecule has 0 saturated carbocycles. The molecule has 0 bridgehead atoms. The molecule has 0 radical (unpaired) electrons. The van der Waals surface area contributed by atoms with Crippen molar-refractivity contribution in [3.05, 3.63) is 128 Å². The number of thiophene rings is 1. The fraction of sp³-hybridized carbons (Fsp3) is 0.418. The number of aliphatic imine (C=N–C) groups is 1. The molecule has 8 rings (SSSR count). The minimum atomic E-state index is -0.976. The molecular weight excluding hydrogens is 1020 g/mol. The van der Waals surface area contributed by atoms with Crippen LogP contribution in [0.1, 0.15) is 97.0 Å². The number of benzene rings is 3. The predicted molar refractivity (Wildman–Crippen MR) is 288 cm³/mol. The van der Waals surface area contributed by atoms with Crippen LogP contribution in [0.4, 0.5) is 10.1 Å². The number of aliphatic hydroxyl groups excluding tert-OH is 1. The highest BCUT2D eigenvalue weighted by Gasteiger charge is 2.44. The van der Waals surface area contributed by atoms with Crippen molar-refractivity contribution < 1.29 is 42.9 Å². The van der Waals surface area contributed by atoms with Gasteiger partial charge in [0, 0.05) is 65.4 Å². The first kappa shape index (κ1) is 55.0. The van der Waals surface area contributed by atoms with E-state index in [4.69, 9.17) is 30.8 Å². The molecule has 3 aromatic heterocycles. The van der Waals surface area contributed by atoms with E-state index in [-0.39, 0.29) is 76.3 Å². The fourth-order valence-corrected chi connectivity index (χ4v) is 11.3. The number of hydrogen-bond donors (Lipinski definition) is 3. The van der Waals surface area contributed by atoms with Crippen LogP contribution in [0.25, 0.3) is 15.4 Å². The summed E-state index contributed by atoms with van der Waals surface area (Å²) in [5.74, 6) is -0.922. The zero-order valence-corrected chi connectivity index (χ0v) is 45.5. The van der Waals surface area contributed by atoms with Crippen LogP contribution in [0.5, 0.6) is 5.75 Å². The van der Waals surface area contributed by atoms with Crippen molar-refractivity contribution >= 4 is 69.2 Å². The summed E-state index contributed by atoms with van der Waals surface area (Å²) in [6, 6.07) is 17.1. The second-order valence-electron chi connectivity index (χ2n) is 19.9. The Hall–Kier alpha value is -6.22. The number of halogens is 2. The van der Waals surface area contributed by atoms with Gasteiger partial charge in [-0.15, -0.1) is 32.9 Å². The van der Waals surface area contributed by atoms with Crippen LogP contribution in [0, 0.1) is 38.9 Å². The Morgan fingerprint density at radius 1 is 0.920 bits per heavy atom. The van der Waals surface area contributed by atoms with Gasteiger partial charge in [0.15, 0.2) is 23.2 Å². The van der Waals surface area contributed by atoms with Crippen molar-refractivity contribution in [1.82, 2.24) is 30.0 Å². The predicted octanol–water partition coefficient (Wildman–Crippen LogP) is 8.90. The van der Waals surface area contributed by atoms with Gasteiger partial charge < -0.3 is 34.9 Å². The molecule has 1 fully saturated rings. The zero-order valence-electron chi connectivity index (χ0n) is 43.1. The molecule has 3 N–H and O–H groups in total. The van der Waals surface area contributed by atoms with Crippen molar-refractivity contribution in [2.75, 3.05) is 44.9 Å². The molecule has 2 aliphatic rings. The Bertz CT molecular complexity index is 3060. The number of fused-ring (bicyclic) bond motifs is 3. The topological polar surface area (TPSA) is 199 Å². The maximum atomic E-state index is 14.9. The van der Waals surface area contributed by atoms with Crippen LogP contribution in [-0.4, -0.2) is 117 Å². The molecule has 5 heterocycles. The number of aliphatic hydroxyl groups is 1. The summed E-state index contributed by atoms with van der Waals surface area (Å²) in [5, 5.41) is 26.7. The van der Waals surface area contributed by atoms with Crippen LogP contribution in [-0.2, 0) is 35.1 Å². The lowest BCUT2D eigenvalue weighted by molar-refractivity contribution is -0.144. The first-order valence-corrected chi connectivity index (χ1v) is 27.0. The van der Waals surface area contributed by atoms with Crippen LogP contribution < -0.4 is 15.4 Å². The highest BCUT2D eigenvalue weighted by molar-refractivity contribution is 7.15. The Kier molecular flexibility index (Phi) is 17.7. The third-order valence-corrected chi connectivity index (χ3v) is 15.6. The maximum absolute atomic E-state index is 14.9. The van der Waals surface area contributed by atoms with Gasteiger partial charge in [0.1, 0.15) is 36.1 Å². The van der Waals surface area contributed by atoms with E-state index in [2.05, 4.69) is 39.7 Å². The lowest BCUT2D eigenvalue weighted by Gasteiger charge is -2.35. The molecule has 2 aliphatic heterocycles. The number of aromatic nitrogens is 4. The van der Waals surface area contributed by atoms with E-state index in [0.717, 1.165) is 54.0 Å². The summed E-state index contributed by atoms with van der Waals surface area (Å²) in [4.78, 5) is 67.5. The van der Waals surface area contributed by atoms with Crippen molar-refractivity contribution in [1.29, 1.82) is 0 Å². The lowest BCUT2D eigenvalue weighted by atomic mass is 9.85. The third kappa shape index (κ3) is 13.2. The van der Waals surface area contributed by atoms with Crippen LogP contribution in [0.15, 0.2) is 77.2 Å². The molecule has 3 amide bonds. The standard InChI is InChI=1S/C55H62ClFN8O8S2/c1-31-33(3)75-54-48(31)49(36-14-16-38(56)17-15-36)60-42(52-63-62-34(4)65(52)54)27-46(68)59-39-18-19-41(57)45(25-39)73-24-23-71-21-8-22-72-29-47(69)61-51(55(5,6)7)53(70)64-28-40(66)26-43(64)44(67)20-11-35-9-12-37(13-10-35)50-32(2)58-30-74-50/h9-10,12-19,25,30,40,42-43,51,66H,8,11,20-24,26-29H2,1-7H3,(H,59,68)(H,61,69)/t40-,42+,43+,51-/m1/s1. The quantitative estimate of drug-likeness (QED) is 0.0582. The number of likely N-dealkylation sites (tertiary alicyclic amines) is 1. The average molecular weight is 1080 g/mol.